The van der Waals surface area contributed by atoms with Crippen molar-refractivity contribution in [3.05, 3.63) is 176 Å². The third-order valence-corrected chi connectivity index (χ3v) is 9.98. The first-order valence-corrected chi connectivity index (χ1v) is 16.3. The first-order chi connectivity index (χ1) is 23.3. The van der Waals surface area contributed by atoms with Crippen LogP contribution in [-0.2, 0) is 0 Å². The summed E-state index contributed by atoms with van der Waals surface area (Å²) in [6, 6.07) is 64.3. The average molecular weight is 596 g/mol. The van der Waals surface area contributed by atoms with Crippen molar-refractivity contribution in [3.8, 4) is 61.3 Å². The number of hydrogen-bond acceptors (Lipinski definition) is 0. The van der Waals surface area contributed by atoms with Crippen LogP contribution in [0, 0.1) is 0 Å². The van der Waals surface area contributed by atoms with Crippen LogP contribution in [0.1, 0.15) is 0 Å². The van der Waals surface area contributed by atoms with Crippen LogP contribution in [0.25, 0.3) is 93.9 Å². The van der Waals surface area contributed by atoms with Crippen molar-refractivity contribution in [1.82, 2.24) is 4.57 Å². The van der Waals surface area contributed by atoms with Crippen molar-refractivity contribution in [3.63, 3.8) is 0 Å². The van der Waals surface area contributed by atoms with Gasteiger partial charge < -0.3 is 4.57 Å². The van der Waals surface area contributed by atoms with E-state index in [0.29, 0.717) is 0 Å². The van der Waals surface area contributed by atoms with Crippen LogP contribution < -0.4 is 0 Å². The zero-order chi connectivity index (χ0) is 30.9. The lowest BCUT2D eigenvalue weighted by molar-refractivity contribution is 1.18. The molecule has 1 aliphatic carbocycles. The Bertz CT molecular complexity index is 2610. The lowest BCUT2D eigenvalue weighted by Gasteiger charge is -2.11. The number of hydrogen-bond donors (Lipinski definition) is 0. The highest BCUT2D eigenvalue weighted by Crippen LogP contribution is 2.49. The van der Waals surface area contributed by atoms with Crippen molar-refractivity contribution < 1.29 is 0 Å². The Hall–Kier alpha value is -6.18. The number of rotatable bonds is 4. The van der Waals surface area contributed by atoms with E-state index in [2.05, 4.69) is 180 Å². The van der Waals surface area contributed by atoms with Crippen LogP contribution in [0.5, 0.6) is 0 Å². The molecule has 9 aromatic rings. The maximum absolute atomic E-state index is 2.36. The summed E-state index contributed by atoms with van der Waals surface area (Å²) >= 11 is 0. The third-order valence-electron chi connectivity index (χ3n) is 9.98. The van der Waals surface area contributed by atoms with Crippen LogP contribution in [0.2, 0.25) is 0 Å². The molecule has 218 valence electrons. The van der Waals surface area contributed by atoms with Gasteiger partial charge in [-0.3, -0.25) is 0 Å². The van der Waals surface area contributed by atoms with Crippen LogP contribution in [0.15, 0.2) is 176 Å². The van der Waals surface area contributed by atoms with E-state index in [-0.39, 0.29) is 0 Å². The highest BCUT2D eigenvalue weighted by Gasteiger charge is 2.22. The summed E-state index contributed by atoms with van der Waals surface area (Å²) in [5.41, 5.74) is 16.4. The molecule has 0 fully saturated rings. The zero-order valence-corrected chi connectivity index (χ0v) is 25.7. The van der Waals surface area contributed by atoms with Gasteiger partial charge in [0.05, 0.1) is 11.0 Å². The Balaban J connectivity index is 0.982. The van der Waals surface area contributed by atoms with Gasteiger partial charge in [0.1, 0.15) is 0 Å². The largest absolute Gasteiger partial charge is 0.309 e. The second kappa shape index (κ2) is 10.2. The zero-order valence-electron chi connectivity index (χ0n) is 25.7. The minimum Gasteiger partial charge on any atom is -0.309 e. The lowest BCUT2D eigenvalue weighted by Crippen LogP contribution is -1.92. The summed E-state index contributed by atoms with van der Waals surface area (Å²) in [6.45, 7) is 0. The third kappa shape index (κ3) is 3.97. The molecule has 0 aliphatic heterocycles. The van der Waals surface area contributed by atoms with Crippen molar-refractivity contribution in [2.24, 2.45) is 0 Å². The summed E-state index contributed by atoms with van der Waals surface area (Å²) in [5, 5.41) is 5.23. The maximum Gasteiger partial charge on any atom is 0.0541 e. The summed E-state index contributed by atoms with van der Waals surface area (Å²) in [7, 11) is 0. The minimum absolute atomic E-state index is 1.18. The maximum atomic E-state index is 2.36. The molecule has 0 atom stereocenters. The second-order valence-electron chi connectivity index (χ2n) is 12.5. The molecule has 0 amide bonds. The first-order valence-electron chi connectivity index (χ1n) is 16.3. The smallest absolute Gasteiger partial charge is 0.0541 e. The van der Waals surface area contributed by atoms with E-state index in [1.165, 1.54) is 93.9 Å². The van der Waals surface area contributed by atoms with Gasteiger partial charge in [0, 0.05) is 16.5 Å². The van der Waals surface area contributed by atoms with Gasteiger partial charge in [-0.25, -0.2) is 0 Å². The van der Waals surface area contributed by atoms with Gasteiger partial charge in [0.25, 0.3) is 0 Å². The molecule has 1 aliphatic rings. The number of para-hydroxylation sites is 2. The van der Waals surface area contributed by atoms with Gasteiger partial charge in [-0.1, -0.05) is 146 Å². The Morgan fingerprint density at radius 2 is 0.787 bits per heavy atom. The van der Waals surface area contributed by atoms with E-state index in [0.717, 1.165) is 0 Å². The SMILES string of the molecule is c1ccc(-n2c3ccccc3c3cc(-c4ccc(-c5ccc(-c6ccc7c8c(cccc68)-c6ccccc6-7)cc5)cc4)ccc32)cc1. The fourth-order valence-electron chi connectivity index (χ4n) is 7.77. The van der Waals surface area contributed by atoms with Gasteiger partial charge in [0.2, 0.25) is 0 Å². The van der Waals surface area contributed by atoms with Crippen molar-refractivity contribution in [2.75, 3.05) is 0 Å². The number of benzene rings is 8. The van der Waals surface area contributed by atoms with Crippen molar-refractivity contribution >= 4 is 32.6 Å². The number of nitrogens with zero attached hydrogens (tertiary/aromatic N) is 1. The molecule has 0 bridgehead atoms. The summed E-state index contributed by atoms with van der Waals surface area (Å²) in [5.74, 6) is 0. The van der Waals surface area contributed by atoms with Crippen molar-refractivity contribution in [1.29, 1.82) is 0 Å². The molecule has 1 nitrogen and oxygen atoms in total. The predicted octanol–water partition coefficient (Wildman–Crippen LogP) is 12.6. The molecule has 0 saturated heterocycles. The monoisotopic (exact) mass is 595 g/mol. The molecule has 1 aromatic heterocycles. The summed E-state index contributed by atoms with van der Waals surface area (Å²) in [4.78, 5) is 0. The van der Waals surface area contributed by atoms with Gasteiger partial charge in [0.15, 0.2) is 0 Å². The minimum atomic E-state index is 1.18. The van der Waals surface area contributed by atoms with E-state index in [1.54, 1.807) is 0 Å². The van der Waals surface area contributed by atoms with Crippen molar-refractivity contribution in [2.45, 2.75) is 0 Å². The summed E-state index contributed by atoms with van der Waals surface area (Å²) < 4.78 is 2.36. The molecule has 8 aromatic carbocycles. The van der Waals surface area contributed by atoms with Crippen LogP contribution in [0.3, 0.4) is 0 Å². The quantitative estimate of drug-likeness (QED) is 0.191. The molecule has 1 heteroatoms. The molecule has 10 rings (SSSR count). The Morgan fingerprint density at radius 3 is 1.53 bits per heavy atom. The van der Waals surface area contributed by atoms with E-state index < -0.39 is 0 Å². The Morgan fingerprint density at radius 1 is 0.277 bits per heavy atom. The molecular weight excluding hydrogens is 567 g/mol. The van der Waals surface area contributed by atoms with E-state index in [9.17, 15) is 0 Å². The molecule has 0 N–H and O–H groups in total. The molecular formula is C46H29N. The molecule has 1 heterocycles. The fraction of sp³-hybridized carbons (Fsp3) is 0. The van der Waals surface area contributed by atoms with E-state index in [4.69, 9.17) is 0 Å². The highest BCUT2D eigenvalue weighted by atomic mass is 15.0. The van der Waals surface area contributed by atoms with Crippen LogP contribution in [-0.4, -0.2) is 4.57 Å². The fourth-order valence-corrected chi connectivity index (χ4v) is 7.77. The molecule has 47 heavy (non-hydrogen) atoms. The second-order valence-corrected chi connectivity index (χ2v) is 12.5. The van der Waals surface area contributed by atoms with E-state index in [1.807, 2.05) is 0 Å². The lowest BCUT2D eigenvalue weighted by atomic mass is 9.93. The van der Waals surface area contributed by atoms with Gasteiger partial charge in [-0.15, -0.1) is 0 Å². The van der Waals surface area contributed by atoms with Crippen LogP contribution >= 0.6 is 0 Å². The molecule has 0 radical (unpaired) electrons. The topological polar surface area (TPSA) is 4.93 Å². The normalized spacial score (nSPS) is 11.8. The molecule has 0 unspecified atom stereocenters. The summed E-state index contributed by atoms with van der Waals surface area (Å²) in [6.07, 6.45) is 0. The Labute approximate surface area is 273 Å². The standard InChI is InChI=1S/C46H29N/c1-2-9-35(10-3-1)47-44-16-7-6-13-39(44)43-29-34(25-28-45(43)47)32-19-17-30(18-20-32)31-21-23-33(24-22-31)36-26-27-42-38-12-5-4-11-37(38)41-15-8-14-40(36)46(41)42/h1-29H. The average Bonchev–Trinajstić information content (AvgIpc) is 3.66. The van der Waals surface area contributed by atoms with Gasteiger partial charge >= 0.3 is 0 Å². The number of fused-ring (bicyclic) bond motifs is 6. The Kier molecular flexibility index (Phi) is 5.64. The predicted molar refractivity (Wildman–Crippen MR) is 199 cm³/mol. The number of aromatic nitrogens is 1. The van der Waals surface area contributed by atoms with E-state index >= 15 is 0 Å². The van der Waals surface area contributed by atoms with Crippen LogP contribution in [0.4, 0.5) is 0 Å². The highest BCUT2D eigenvalue weighted by molar-refractivity contribution is 6.18. The molecule has 0 spiro atoms. The first kappa shape index (κ1) is 26.1. The van der Waals surface area contributed by atoms with Gasteiger partial charge in [-0.05, 0) is 96.7 Å². The molecule has 0 saturated carbocycles. The van der Waals surface area contributed by atoms with Gasteiger partial charge in [-0.2, -0.15) is 0 Å².